The van der Waals surface area contributed by atoms with Gasteiger partial charge in [-0.25, -0.2) is 0 Å². The first kappa shape index (κ1) is 13.6. The summed E-state index contributed by atoms with van der Waals surface area (Å²) >= 11 is 0. The van der Waals surface area contributed by atoms with Crippen LogP contribution in [0.3, 0.4) is 0 Å². The van der Waals surface area contributed by atoms with Gasteiger partial charge in [0.05, 0.1) is 11.0 Å². The van der Waals surface area contributed by atoms with Crippen molar-refractivity contribution in [2.45, 2.75) is 33.9 Å². The Morgan fingerprint density at radius 3 is 2.52 bits per heavy atom. The molecular formula is C17H20N4. The minimum Gasteiger partial charge on any atom is -0.381 e. The molecular weight excluding hydrogens is 260 g/mol. The number of rotatable bonds is 4. The van der Waals surface area contributed by atoms with E-state index < -0.39 is 0 Å². The van der Waals surface area contributed by atoms with Gasteiger partial charge in [-0.1, -0.05) is 0 Å². The van der Waals surface area contributed by atoms with E-state index in [1.54, 1.807) is 12.4 Å². The summed E-state index contributed by atoms with van der Waals surface area (Å²) in [5.74, 6) is 0. The van der Waals surface area contributed by atoms with E-state index in [1.165, 1.54) is 17.0 Å². The van der Waals surface area contributed by atoms with Gasteiger partial charge >= 0.3 is 0 Å². The molecule has 4 nitrogen and oxygen atoms in total. The molecule has 0 aliphatic heterocycles. The fraction of sp³-hybridized carbons (Fsp3) is 0.294. The van der Waals surface area contributed by atoms with Crippen molar-refractivity contribution in [2.24, 2.45) is 0 Å². The van der Waals surface area contributed by atoms with Crippen LogP contribution >= 0.6 is 0 Å². The molecule has 3 rings (SSSR count). The minimum atomic E-state index is 0.825. The first-order valence-corrected chi connectivity index (χ1v) is 7.29. The molecule has 3 aromatic rings. The molecule has 0 bridgehead atoms. The lowest BCUT2D eigenvalue weighted by atomic mass is 10.2. The molecule has 1 N–H and O–H groups in total. The molecule has 4 heteroatoms. The summed E-state index contributed by atoms with van der Waals surface area (Å²) in [4.78, 5) is 8.63. The van der Waals surface area contributed by atoms with Crippen molar-refractivity contribution in [3.63, 3.8) is 0 Å². The summed E-state index contributed by atoms with van der Waals surface area (Å²) in [6.07, 6.45) is 3.44. The maximum Gasteiger partial charge on any atom is 0.0907 e. The quantitative estimate of drug-likeness (QED) is 0.792. The van der Waals surface area contributed by atoms with Gasteiger partial charge in [0.2, 0.25) is 0 Å². The number of benzene rings is 1. The van der Waals surface area contributed by atoms with Crippen LogP contribution in [0.1, 0.15) is 23.9 Å². The Kier molecular flexibility index (Phi) is 3.60. The zero-order chi connectivity index (χ0) is 14.8. The van der Waals surface area contributed by atoms with Gasteiger partial charge in [-0.05, 0) is 50.6 Å². The first-order chi connectivity index (χ1) is 10.2. The van der Waals surface area contributed by atoms with Crippen LogP contribution in [0, 0.1) is 13.8 Å². The van der Waals surface area contributed by atoms with Crippen LogP contribution < -0.4 is 5.32 Å². The SMILES string of the molecule is CCn1c(C)cc(CNc2ccc3nccnc3c2)c1C. The van der Waals surface area contributed by atoms with Crippen LogP contribution in [0.2, 0.25) is 0 Å². The second-order valence-corrected chi connectivity index (χ2v) is 5.25. The summed E-state index contributed by atoms with van der Waals surface area (Å²) in [7, 11) is 0. The number of nitrogens with zero attached hydrogens (tertiary/aromatic N) is 3. The number of hydrogen-bond donors (Lipinski definition) is 1. The molecule has 21 heavy (non-hydrogen) atoms. The highest BCUT2D eigenvalue weighted by Crippen LogP contribution is 2.19. The van der Waals surface area contributed by atoms with Crippen molar-refractivity contribution in [3.05, 3.63) is 53.6 Å². The topological polar surface area (TPSA) is 42.7 Å². The van der Waals surface area contributed by atoms with Crippen molar-refractivity contribution in [1.29, 1.82) is 0 Å². The highest BCUT2D eigenvalue weighted by atomic mass is 15.0. The van der Waals surface area contributed by atoms with Crippen LogP contribution in [-0.2, 0) is 13.1 Å². The van der Waals surface area contributed by atoms with Crippen LogP contribution in [0.5, 0.6) is 0 Å². The van der Waals surface area contributed by atoms with Crippen molar-refractivity contribution in [3.8, 4) is 0 Å². The largest absolute Gasteiger partial charge is 0.381 e. The summed E-state index contributed by atoms with van der Waals surface area (Å²) in [6, 6.07) is 8.35. The van der Waals surface area contributed by atoms with Crippen LogP contribution in [-0.4, -0.2) is 14.5 Å². The molecule has 0 aliphatic rings. The van der Waals surface area contributed by atoms with E-state index in [1.807, 2.05) is 12.1 Å². The standard InChI is InChI=1S/C17H20N4/c1-4-21-12(2)9-14(13(21)3)11-20-15-5-6-16-17(10-15)19-8-7-18-16/h5-10,20H,4,11H2,1-3H3. The van der Waals surface area contributed by atoms with Gasteiger partial charge in [-0.15, -0.1) is 0 Å². The second kappa shape index (κ2) is 5.56. The number of anilines is 1. The van der Waals surface area contributed by atoms with Gasteiger partial charge in [0.15, 0.2) is 0 Å². The average molecular weight is 280 g/mol. The van der Waals surface area contributed by atoms with E-state index >= 15 is 0 Å². The third-order valence-corrected chi connectivity index (χ3v) is 3.95. The summed E-state index contributed by atoms with van der Waals surface area (Å²) in [5, 5.41) is 3.48. The number of aryl methyl sites for hydroxylation is 1. The van der Waals surface area contributed by atoms with Crippen molar-refractivity contribution >= 4 is 16.7 Å². The average Bonchev–Trinajstić information content (AvgIpc) is 2.78. The predicted octanol–water partition coefficient (Wildman–Crippen LogP) is 3.68. The van der Waals surface area contributed by atoms with Gasteiger partial charge in [-0.2, -0.15) is 0 Å². The summed E-state index contributed by atoms with van der Waals surface area (Å²) < 4.78 is 2.34. The van der Waals surface area contributed by atoms with E-state index in [2.05, 4.69) is 52.8 Å². The Labute approximate surface area is 124 Å². The fourth-order valence-electron chi connectivity index (χ4n) is 2.81. The van der Waals surface area contributed by atoms with Crippen LogP contribution in [0.25, 0.3) is 11.0 Å². The molecule has 0 aliphatic carbocycles. The highest BCUT2D eigenvalue weighted by Gasteiger charge is 2.07. The Hall–Kier alpha value is -2.36. The summed E-state index contributed by atoms with van der Waals surface area (Å²) in [6.45, 7) is 8.36. The Balaban J connectivity index is 1.80. The normalized spacial score (nSPS) is 11.0. The smallest absolute Gasteiger partial charge is 0.0907 e. The van der Waals surface area contributed by atoms with E-state index in [0.29, 0.717) is 0 Å². The second-order valence-electron chi connectivity index (χ2n) is 5.25. The van der Waals surface area contributed by atoms with Gasteiger partial charge in [-0.3, -0.25) is 9.97 Å². The molecule has 0 atom stereocenters. The number of fused-ring (bicyclic) bond motifs is 1. The molecule has 0 amide bonds. The molecule has 1 aromatic carbocycles. The number of nitrogens with one attached hydrogen (secondary N) is 1. The maximum atomic E-state index is 4.34. The minimum absolute atomic E-state index is 0.825. The van der Waals surface area contributed by atoms with E-state index in [0.717, 1.165) is 29.8 Å². The highest BCUT2D eigenvalue weighted by molar-refractivity contribution is 5.78. The maximum absolute atomic E-state index is 4.34. The van der Waals surface area contributed by atoms with E-state index in [-0.39, 0.29) is 0 Å². The zero-order valence-corrected chi connectivity index (χ0v) is 12.7. The molecule has 108 valence electrons. The molecule has 0 saturated heterocycles. The molecule has 0 spiro atoms. The Morgan fingerprint density at radius 1 is 1.05 bits per heavy atom. The third-order valence-electron chi connectivity index (χ3n) is 3.95. The van der Waals surface area contributed by atoms with E-state index in [4.69, 9.17) is 0 Å². The lowest BCUT2D eigenvalue weighted by molar-refractivity contribution is 0.715. The zero-order valence-electron chi connectivity index (χ0n) is 12.7. The van der Waals surface area contributed by atoms with Gasteiger partial charge < -0.3 is 9.88 Å². The van der Waals surface area contributed by atoms with Crippen LogP contribution in [0.4, 0.5) is 5.69 Å². The lowest BCUT2D eigenvalue weighted by Gasteiger charge is -2.08. The fourth-order valence-corrected chi connectivity index (χ4v) is 2.81. The first-order valence-electron chi connectivity index (χ1n) is 7.29. The molecule has 0 fully saturated rings. The van der Waals surface area contributed by atoms with Gasteiger partial charge in [0.1, 0.15) is 0 Å². The molecule has 2 aromatic heterocycles. The van der Waals surface area contributed by atoms with E-state index in [9.17, 15) is 0 Å². The van der Waals surface area contributed by atoms with Crippen molar-refractivity contribution < 1.29 is 0 Å². The van der Waals surface area contributed by atoms with Gasteiger partial charge in [0.25, 0.3) is 0 Å². The predicted molar refractivity (Wildman–Crippen MR) is 86.4 cm³/mol. The lowest BCUT2D eigenvalue weighted by Crippen LogP contribution is -2.03. The third kappa shape index (κ3) is 2.61. The number of aromatic nitrogens is 3. The monoisotopic (exact) mass is 280 g/mol. The van der Waals surface area contributed by atoms with Crippen LogP contribution in [0.15, 0.2) is 36.7 Å². The van der Waals surface area contributed by atoms with Crippen molar-refractivity contribution in [2.75, 3.05) is 5.32 Å². The molecule has 2 heterocycles. The van der Waals surface area contributed by atoms with Gasteiger partial charge in [0, 0.05) is 42.6 Å². The molecule has 0 saturated carbocycles. The Morgan fingerprint density at radius 2 is 1.81 bits per heavy atom. The summed E-state index contributed by atoms with van der Waals surface area (Å²) in [5.41, 5.74) is 6.91. The van der Waals surface area contributed by atoms with Crippen molar-refractivity contribution in [1.82, 2.24) is 14.5 Å². The molecule has 0 radical (unpaired) electrons. The number of hydrogen-bond acceptors (Lipinski definition) is 3. The Bertz CT molecular complexity index is 774. The molecule has 0 unspecified atom stereocenters.